The van der Waals surface area contributed by atoms with Crippen molar-refractivity contribution in [2.75, 3.05) is 13.7 Å². The maximum Gasteiger partial charge on any atom is 0.325 e. The minimum Gasteiger partial charge on any atom is -0.486 e. The Morgan fingerprint density at radius 1 is 1.16 bits per heavy atom. The van der Waals surface area contributed by atoms with E-state index in [0.717, 1.165) is 22.2 Å². The summed E-state index contributed by atoms with van der Waals surface area (Å²) in [6, 6.07) is 8.65. The van der Waals surface area contributed by atoms with E-state index >= 15 is 0 Å². The number of methoxy groups -OCH3 is 1. The number of esters is 1. The zero-order valence-corrected chi connectivity index (χ0v) is 21.3. The summed E-state index contributed by atoms with van der Waals surface area (Å²) < 4.78 is 11.7. The first-order valence-corrected chi connectivity index (χ1v) is 11.7. The summed E-state index contributed by atoms with van der Waals surface area (Å²) in [5.41, 5.74) is 1.42. The van der Waals surface area contributed by atoms with Gasteiger partial charge in [0.2, 0.25) is 0 Å². The largest absolute Gasteiger partial charge is 0.486 e. The number of carbonyl (C=O) groups excluding carboxylic acids is 3. The number of imide groups is 1. The Labute approximate surface area is 209 Å². The fourth-order valence-electron chi connectivity index (χ4n) is 2.57. The molecule has 162 valence electrons. The number of hydrogen-bond acceptors (Lipinski definition) is 6. The highest BCUT2D eigenvalue weighted by Gasteiger charge is 2.36. The van der Waals surface area contributed by atoms with E-state index in [1.807, 2.05) is 0 Å². The number of thioether (sulfide) groups is 1. The van der Waals surface area contributed by atoms with Crippen molar-refractivity contribution in [3.8, 4) is 5.75 Å². The number of rotatable bonds is 6. The van der Waals surface area contributed by atoms with E-state index in [9.17, 15) is 14.4 Å². The highest BCUT2D eigenvalue weighted by atomic mass is 79.9. The molecule has 2 aromatic carbocycles. The maximum absolute atomic E-state index is 12.5. The van der Waals surface area contributed by atoms with Crippen molar-refractivity contribution in [2.45, 2.75) is 6.61 Å². The quantitative estimate of drug-likeness (QED) is 0.282. The van der Waals surface area contributed by atoms with Crippen LogP contribution in [0.5, 0.6) is 5.75 Å². The van der Waals surface area contributed by atoms with Crippen LogP contribution in [0.25, 0.3) is 6.08 Å². The first kappa shape index (κ1) is 24.1. The van der Waals surface area contributed by atoms with Crippen LogP contribution in [0.2, 0.25) is 10.0 Å². The first-order valence-electron chi connectivity index (χ1n) is 8.57. The average Bonchev–Trinajstić information content (AvgIpc) is 2.96. The van der Waals surface area contributed by atoms with Gasteiger partial charge >= 0.3 is 5.97 Å². The maximum atomic E-state index is 12.5. The molecule has 1 aliphatic heterocycles. The van der Waals surface area contributed by atoms with Crippen LogP contribution in [0.15, 0.2) is 44.2 Å². The molecule has 6 nitrogen and oxygen atoms in total. The van der Waals surface area contributed by atoms with Gasteiger partial charge in [0.25, 0.3) is 11.1 Å². The molecule has 0 N–H and O–H groups in total. The summed E-state index contributed by atoms with van der Waals surface area (Å²) in [4.78, 5) is 37.0. The molecule has 31 heavy (non-hydrogen) atoms. The zero-order valence-electron chi connectivity index (χ0n) is 15.8. The molecule has 0 radical (unpaired) electrons. The Morgan fingerprint density at radius 2 is 1.84 bits per heavy atom. The van der Waals surface area contributed by atoms with E-state index in [2.05, 4.69) is 36.6 Å². The van der Waals surface area contributed by atoms with Crippen molar-refractivity contribution in [3.05, 3.63) is 65.4 Å². The Balaban J connectivity index is 1.78. The van der Waals surface area contributed by atoms with E-state index < -0.39 is 23.7 Å². The van der Waals surface area contributed by atoms with E-state index in [-0.39, 0.29) is 11.5 Å². The standard InChI is InChI=1S/C20H13Br2Cl2NO5S/c1-29-17(26)8-25-19(27)16(31-20(25)28)6-10-4-13(21)18(14(22)5-10)30-9-11-2-3-12(23)7-15(11)24/h2-7H,8-9H2,1H3/b16-6-. The Morgan fingerprint density at radius 3 is 2.45 bits per heavy atom. The molecule has 1 saturated heterocycles. The monoisotopic (exact) mass is 607 g/mol. The molecule has 0 spiro atoms. The molecule has 1 heterocycles. The lowest BCUT2D eigenvalue weighted by Crippen LogP contribution is -2.34. The lowest BCUT2D eigenvalue weighted by atomic mass is 10.2. The van der Waals surface area contributed by atoms with Crippen molar-refractivity contribution in [1.82, 2.24) is 4.90 Å². The Hall–Kier alpha value is -1.52. The van der Waals surface area contributed by atoms with Gasteiger partial charge in [-0.2, -0.15) is 0 Å². The third-order valence-electron chi connectivity index (χ3n) is 4.09. The van der Waals surface area contributed by atoms with Gasteiger partial charge < -0.3 is 9.47 Å². The number of halogens is 4. The molecule has 0 saturated carbocycles. The van der Waals surface area contributed by atoms with Crippen molar-refractivity contribution in [3.63, 3.8) is 0 Å². The summed E-state index contributed by atoms with van der Waals surface area (Å²) in [6.45, 7) is -0.203. The molecule has 3 rings (SSSR count). The summed E-state index contributed by atoms with van der Waals surface area (Å²) in [6.07, 6.45) is 1.57. The van der Waals surface area contributed by atoms with Crippen LogP contribution in [0, 0.1) is 0 Å². The van der Waals surface area contributed by atoms with E-state index in [1.165, 1.54) is 7.11 Å². The summed E-state index contributed by atoms with van der Waals surface area (Å²) in [5, 5.41) is 0.509. The van der Waals surface area contributed by atoms with Crippen LogP contribution in [0.1, 0.15) is 11.1 Å². The predicted octanol–water partition coefficient (Wildman–Crippen LogP) is 6.31. The van der Waals surface area contributed by atoms with Gasteiger partial charge in [0.15, 0.2) is 0 Å². The van der Waals surface area contributed by atoms with Crippen LogP contribution in [0.4, 0.5) is 4.79 Å². The zero-order chi connectivity index (χ0) is 22.7. The molecule has 2 aromatic rings. The normalized spacial score (nSPS) is 15.0. The fraction of sp³-hybridized carbons (Fsp3) is 0.150. The number of carbonyl (C=O) groups is 3. The van der Waals surface area contributed by atoms with Crippen molar-refractivity contribution in [1.29, 1.82) is 0 Å². The second-order valence-corrected chi connectivity index (χ2v) is 9.73. The predicted molar refractivity (Wildman–Crippen MR) is 127 cm³/mol. The number of hydrogen-bond donors (Lipinski definition) is 0. The van der Waals surface area contributed by atoms with Crippen LogP contribution < -0.4 is 4.74 Å². The third-order valence-corrected chi connectivity index (χ3v) is 6.77. The molecule has 0 aliphatic carbocycles. The van der Waals surface area contributed by atoms with Gasteiger partial charge in [0.05, 0.1) is 21.0 Å². The van der Waals surface area contributed by atoms with Crippen LogP contribution in [0.3, 0.4) is 0 Å². The van der Waals surface area contributed by atoms with Gasteiger partial charge in [-0.1, -0.05) is 29.3 Å². The average molecular weight is 610 g/mol. The molecule has 0 aromatic heterocycles. The summed E-state index contributed by atoms with van der Waals surface area (Å²) in [7, 11) is 1.19. The van der Waals surface area contributed by atoms with E-state index in [0.29, 0.717) is 30.3 Å². The van der Waals surface area contributed by atoms with Crippen molar-refractivity contribution in [2.24, 2.45) is 0 Å². The van der Waals surface area contributed by atoms with Gasteiger partial charge in [-0.25, -0.2) is 0 Å². The first-order chi connectivity index (χ1) is 14.7. The molecule has 0 atom stereocenters. The Kier molecular flexibility index (Phi) is 8.09. The lowest BCUT2D eigenvalue weighted by Gasteiger charge is -2.13. The molecule has 0 unspecified atom stereocenters. The molecular weight excluding hydrogens is 597 g/mol. The SMILES string of the molecule is COC(=O)CN1C(=O)S/C(=C\c2cc(Br)c(OCc3ccc(Cl)cc3Cl)c(Br)c2)C1=O. The topological polar surface area (TPSA) is 72.9 Å². The minimum atomic E-state index is -0.670. The third kappa shape index (κ3) is 5.84. The molecule has 1 fully saturated rings. The van der Waals surface area contributed by atoms with Crippen molar-refractivity contribution < 1.29 is 23.9 Å². The van der Waals surface area contributed by atoms with Crippen molar-refractivity contribution >= 4 is 90.0 Å². The second kappa shape index (κ2) is 10.4. The van der Waals surface area contributed by atoms with Gasteiger partial charge in [0, 0.05) is 15.6 Å². The second-order valence-electron chi connectivity index (χ2n) is 6.18. The molecular formula is C20H13Br2Cl2NO5S. The highest BCUT2D eigenvalue weighted by Crippen LogP contribution is 2.38. The smallest absolute Gasteiger partial charge is 0.325 e. The van der Waals surface area contributed by atoms with Gasteiger partial charge in [-0.05, 0) is 79.5 Å². The fourth-order valence-corrected chi connectivity index (χ4v) is 5.32. The number of amides is 2. The van der Waals surface area contributed by atoms with E-state index in [1.54, 1.807) is 36.4 Å². The molecule has 1 aliphatic rings. The molecule has 2 amide bonds. The molecule has 0 bridgehead atoms. The van der Waals surface area contributed by atoms with Gasteiger partial charge in [0.1, 0.15) is 18.9 Å². The number of nitrogens with zero attached hydrogens (tertiary/aromatic N) is 1. The minimum absolute atomic E-state index is 0.203. The van der Waals surface area contributed by atoms with Gasteiger partial charge in [-0.15, -0.1) is 0 Å². The Bertz CT molecular complexity index is 1090. The van der Waals surface area contributed by atoms with Crippen LogP contribution in [-0.4, -0.2) is 35.7 Å². The number of benzene rings is 2. The summed E-state index contributed by atoms with van der Waals surface area (Å²) in [5.74, 6) is -0.677. The van der Waals surface area contributed by atoms with Gasteiger partial charge in [-0.3, -0.25) is 19.3 Å². The summed E-state index contributed by atoms with van der Waals surface area (Å²) >= 11 is 19.8. The van der Waals surface area contributed by atoms with Crippen LogP contribution in [-0.2, 0) is 20.9 Å². The highest BCUT2D eigenvalue weighted by molar-refractivity contribution is 9.11. The molecule has 11 heteroatoms. The van der Waals surface area contributed by atoms with Crippen LogP contribution >= 0.6 is 66.8 Å². The lowest BCUT2D eigenvalue weighted by molar-refractivity contribution is -0.143. The van der Waals surface area contributed by atoms with E-state index in [4.69, 9.17) is 27.9 Å². The number of ether oxygens (including phenoxy) is 2.